The van der Waals surface area contributed by atoms with Crippen LogP contribution in [0.3, 0.4) is 0 Å². The van der Waals surface area contributed by atoms with Crippen LogP contribution < -0.4 is 21.3 Å². The Balaban J connectivity index is 1.40. The number of carbonyl (C=O) groups is 3. The Hall–Kier alpha value is -4.45. The number of aliphatic imine (C=N–C) groups is 1. The van der Waals surface area contributed by atoms with Crippen LogP contribution in [0.1, 0.15) is 98.5 Å². The number of hydrogen-bond donors (Lipinski definition) is 7. The molecule has 3 heterocycles. The fourth-order valence-corrected chi connectivity index (χ4v) is 10.2. The number of benzene rings is 1. The summed E-state index contributed by atoms with van der Waals surface area (Å²) in [7, 11) is 2.95. The highest BCUT2D eigenvalue weighted by Crippen LogP contribution is 2.47. The number of phenolic OH excluding ortho intramolecular Hbond substituents is 2. The topological polar surface area (TPSA) is 229 Å². The second kappa shape index (κ2) is 22.6. The van der Waals surface area contributed by atoms with Gasteiger partial charge < -0.3 is 50.9 Å². The van der Waals surface area contributed by atoms with Gasteiger partial charge in [0, 0.05) is 67.5 Å². The Morgan fingerprint density at radius 2 is 1.84 bits per heavy atom. The van der Waals surface area contributed by atoms with E-state index < -0.39 is 36.2 Å². The van der Waals surface area contributed by atoms with E-state index in [1.807, 2.05) is 25.6 Å². The van der Waals surface area contributed by atoms with E-state index in [0.717, 1.165) is 37.9 Å². The van der Waals surface area contributed by atoms with Crippen molar-refractivity contribution in [1.29, 1.82) is 0 Å². The molecule has 3 unspecified atom stereocenters. The van der Waals surface area contributed by atoms with Crippen LogP contribution in [0.4, 0.5) is 16.2 Å². The van der Waals surface area contributed by atoms with E-state index in [1.54, 1.807) is 38.3 Å². The normalized spacial score (nSPS) is 29.9. The Morgan fingerprint density at radius 1 is 1.08 bits per heavy atom. The summed E-state index contributed by atoms with van der Waals surface area (Å²) < 4.78 is 11.3. The molecule has 338 valence electrons. The number of hydrogen-bond acceptors (Lipinski definition) is 13. The third-order valence-electron chi connectivity index (χ3n) is 12.3. The Bertz CT molecular complexity index is 1840. The molecule has 2 bridgehead atoms. The van der Waals surface area contributed by atoms with Gasteiger partial charge in [0.1, 0.15) is 23.3 Å². The van der Waals surface area contributed by atoms with E-state index in [4.69, 9.17) is 14.3 Å². The zero-order valence-corrected chi connectivity index (χ0v) is 37.6. The van der Waals surface area contributed by atoms with Crippen molar-refractivity contribution in [2.24, 2.45) is 22.2 Å². The largest absolute Gasteiger partial charge is 0.506 e. The molecule has 0 spiro atoms. The summed E-state index contributed by atoms with van der Waals surface area (Å²) in [6, 6.07) is 1.15. The second-order valence-electron chi connectivity index (χ2n) is 17.0. The highest BCUT2D eigenvalue weighted by atomic mass is 32.2. The van der Waals surface area contributed by atoms with Gasteiger partial charge in [-0.1, -0.05) is 44.6 Å². The molecule has 2 saturated heterocycles. The second-order valence-corrected chi connectivity index (χ2v) is 18.2. The first-order valence-corrected chi connectivity index (χ1v) is 22.2. The molecule has 7 N–H and O–H groups in total. The molecule has 0 aromatic heterocycles. The van der Waals surface area contributed by atoms with E-state index in [1.165, 1.54) is 26.4 Å². The maximum Gasteiger partial charge on any atom is 0.315 e. The quantitative estimate of drug-likeness (QED) is 0.0144. The average Bonchev–Trinajstić information content (AvgIpc) is 3.59. The first-order chi connectivity index (χ1) is 29.0. The van der Waals surface area contributed by atoms with Gasteiger partial charge >= 0.3 is 6.03 Å². The molecule has 16 nitrogen and oxygen atoms in total. The number of allylic oxidation sites excluding steroid dienone is 2. The van der Waals surface area contributed by atoms with Crippen LogP contribution in [0.5, 0.6) is 11.5 Å². The number of aromatic hydroxyl groups is 2. The summed E-state index contributed by atoms with van der Waals surface area (Å²) in [5.74, 6) is -0.796. The summed E-state index contributed by atoms with van der Waals surface area (Å²) in [4.78, 5) is 58.8. The predicted octanol–water partition coefficient (Wildman–Crippen LogP) is 6.66. The average molecular weight is 871 g/mol. The maximum atomic E-state index is 13.3. The van der Waals surface area contributed by atoms with Crippen LogP contribution in [-0.2, 0) is 30.3 Å². The molecule has 2 fully saturated rings. The number of rotatable bonds is 15. The summed E-state index contributed by atoms with van der Waals surface area (Å²) in [5.41, 5.74) is 0.787. The number of urea groups is 1. The van der Waals surface area contributed by atoms with Gasteiger partial charge in [0.2, 0.25) is 5.91 Å². The Labute approximate surface area is 363 Å². The van der Waals surface area contributed by atoms with Gasteiger partial charge in [0.15, 0.2) is 11.4 Å². The molecule has 3 aliphatic rings. The summed E-state index contributed by atoms with van der Waals surface area (Å²) in [6.07, 6.45) is 10.5. The lowest BCUT2D eigenvalue weighted by Gasteiger charge is -2.35. The van der Waals surface area contributed by atoms with Gasteiger partial charge in [-0.25, -0.2) is 4.79 Å². The first-order valence-electron chi connectivity index (χ1n) is 21.1. The number of nitrogens with zero attached hydrogens (tertiary/aromatic N) is 2. The number of amides is 4. The van der Waals surface area contributed by atoms with Gasteiger partial charge in [-0.2, -0.15) is 11.8 Å². The van der Waals surface area contributed by atoms with Gasteiger partial charge in [-0.05, 0) is 84.1 Å². The van der Waals surface area contributed by atoms with Crippen LogP contribution in [0.2, 0.25) is 0 Å². The van der Waals surface area contributed by atoms with Gasteiger partial charge in [0.05, 0.1) is 29.0 Å². The molecular weight excluding hydrogens is 805 g/mol. The maximum absolute atomic E-state index is 13.3. The highest BCUT2D eigenvalue weighted by Gasteiger charge is 2.60. The van der Waals surface area contributed by atoms with Gasteiger partial charge in [-0.3, -0.25) is 14.6 Å². The monoisotopic (exact) mass is 870 g/mol. The van der Waals surface area contributed by atoms with E-state index in [2.05, 4.69) is 45.4 Å². The number of ether oxygens (including phenoxy) is 2. The minimum absolute atomic E-state index is 0.000375. The van der Waals surface area contributed by atoms with E-state index in [0.29, 0.717) is 42.2 Å². The third kappa shape index (κ3) is 12.6. The van der Waals surface area contributed by atoms with Crippen molar-refractivity contribution < 1.29 is 44.0 Å². The van der Waals surface area contributed by atoms with Crippen LogP contribution in [0.25, 0.3) is 0 Å². The number of aliphatic hydroxyl groups is 1. The van der Waals surface area contributed by atoms with Crippen LogP contribution in [-0.4, -0.2) is 107 Å². The van der Waals surface area contributed by atoms with Gasteiger partial charge in [-0.15, -0.1) is 4.91 Å². The van der Waals surface area contributed by atoms with Crippen molar-refractivity contribution in [2.45, 2.75) is 140 Å². The van der Waals surface area contributed by atoms with E-state index in [-0.39, 0.29) is 63.8 Å². The van der Waals surface area contributed by atoms with Crippen molar-refractivity contribution in [3.05, 3.63) is 52.0 Å². The fraction of sp³-hybridized carbons (Fsp3) is 0.636. The molecule has 1 aromatic rings. The number of phenols is 2. The highest BCUT2D eigenvalue weighted by molar-refractivity contribution is 8.00. The zero-order chi connectivity index (χ0) is 44.9. The molecule has 0 aliphatic carbocycles. The lowest BCUT2D eigenvalue weighted by atomic mass is 9.79. The first kappa shape index (κ1) is 49.2. The number of carbonyl (C=O) groups excluding carboxylic acids is 3. The van der Waals surface area contributed by atoms with Crippen molar-refractivity contribution in [2.75, 3.05) is 31.8 Å². The van der Waals surface area contributed by atoms with E-state index >= 15 is 0 Å². The number of aliphatic hydroxyl groups excluding tert-OH is 1. The predicted molar refractivity (Wildman–Crippen MR) is 238 cm³/mol. The van der Waals surface area contributed by atoms with Crippen molar-refractivity contribution in [3.63, 3.8) is 0 Å². The van der Waals surface area contributed by atoms with Crippen LogP contribution in [0.15, 0.2) is 51.8 Å². The number of methoxy groups -OCH3 is 2. The molecular formula is C44H66N6O10S. The SMILES string of the molecule is CO[C@H]1C=CC=C(C)C(=O)Nc2cc(O)c(N=CCCCCNC(=O)CCCCC3SCC4(C)NC(=O)NC34C)c(c2O)C[C@@H](C)C[C@H](OC)[C@H](O)[C@@H](C)C=C(C)[C@@H]1ON=O. The van der Waals surface area contributed by atoms with Crippen LogP contribution in [0, 0.1) is 16.7 Å². The molecule has 3 aliphatic heterocycles. The standard InChI is InChI=1S/C44H66N6O10S/c1-26-21-30-37(46-20-13-9-12-19-45-36(52)18-11-10-17-35-44(6)43(5,25-61-35)48-42(56)49-44)32(51)24-31(39(30)54)47-41(55)27(2)15-14-16-33(58-7)40(60-50-57)29(4)23-28(3)38(53)34(22-26)59-8/h14-16,20,23-24,26,28,33-35,38,40,51,53-54H,9-13,17-19,21-22,25H2,1-8H3,(H,45,52)(H,47,55)(H2,48,49,56)/t26-,28+,33+,34+,35?,38-,40+,43?,44?/m1/s1. The Morgan fingerprint density at radius 3 is 2.54 bits per heavy atom. The van der Waals surface area contributed by atoms with Crippen molar-refractivity contribution in [3.8, 4) is 11.5 Å². The number of nitrogens with one attached hydrogen (secondary N) is 4. The molecule has 0 saturated carbocycles. The minimum atomic E-state index is -0.968. The number of fused-ring (bicyclic) bond motifs is 3. The lowest BCUT2D eigenvalue weighted by Crippen LogP contribution is -2.58. The number of thioether (sulfide) groups is 1. The number of anilines is 1. The molecule has 4 rings (SSSR count). The van der Waals surface area contributed by atoms with E-state index in [9.17, 15) is 34.6 Å². The third-order valence-corrected chi connectivity index (χ3v) is 14.1. The van der Waals surface area contributed by atoms with Crippen molar-refractivity contribution in [1.82, 2.24) is 16.0 Å². The summed E-state index contributed by atoms with van der Waals surface area (Å²) in [6.45, 7) is 11.8. The number of unbranched alkanes of at least 4 members (excludes halogenated alkanes) is 3. The molecule has 61 heavy (non-hydrogen) atoms. The fourth-order valence-electron chi connectivity index (χ4n) is 8.30. The molecule has 0 radical (unpaired) electrons. The van der Waals surface area contributed by atoms with Crippen molar-refractivity contribution >= 4 is 47.2 Å². The zero-order valence-electron chi connectivity index (χ0n) is 36.8. The molecule has 9 atom stereocenters. The summed E-state index contributed by atoms with van der Waals surface area (Å²) in [5, 5.41) is 49.0. The molecule has 4 amide bonds. The molecule has 1 aromatic carbocycles. The lowest BCUT2D eigenvalue weighted by molar-refractivity contribution is -0.121. The van der Waals surface area contributed by atoms with Gasteiger partial charge in [0.25, 0.3) is 5.91 Å². The molecule has 17 heteroatoms. The minimum Gasteiger partial charge on any atom is -0.506 e. The summed E-state index contributed by atoms with van der Waals surface area (Å²) >= 11 is 1.87. The smallest absolute Gasteiger partial charge is 0.315 e. The van der Waals surface area contributed by atoms with Crippen LogP contribution >= 0.6 is 11.8 Å². The Kier molecular flexibility index (Phi) is 18.2.